The summed E-state index contributed by atoms with van der Waals surface area (Å²) in [5, 5.41) is 8.23. The van der Waals surface area contributed by atoms with E-state index in [9.17, 15) is 4.79 Å². The minimum absolute atomic E-state index is 0.0507. The normalized spacial score (nSPS) is 15.0. The minimum Gasteiger partial charge on any atom is -0.426 e. The second kappa shape index (κ2) is 7.91. The van der Waals surface area contributed by atoms with Crippen LogP contribution < -0.4 is 4.74 Å². The van der Waals surface area contributed by atoms with Crippen LogP contribution in [0.15, 0.2) is 54.6 Å². The molecular formula is C21H23NO2. The Morgan fingerprint density at radius 3 is 2.29 bits per heavy atom. The number of nitrogens with one attached hydrogen (secondary N) is 1. The summed E-state index contributed by atoms with van der Waals surface area (Å²) in [6.45, 7) is 0. The van der Waals surface area contributed by atoms with E-state index in [0.717, 1.165) is 36.8 Å². The van der Waals surface area contributed by atoms with Gasteiger partial charge in [-0.3, -0.25) is 4.79 Å². The zero-order chi connectivity index (χ0) is 16.8. The Balaban J connectivity index is 1.58. The highest BCUT2D eigenvalue weighted by Gasteiger charge is 2.22. The fourth-order valence-electron chi connectivity index (χ4n) is 3.16. The third-order valence-corrected chi connectivity index (χ3v) is 4.58. The summed E-state index contributed by atoms with van der Waals surface area (Å²) in [6, 6.07) is 17.3. The first-order valence-corrected chi connectivity index (χ1v) is 8.66. The third-order valence-electron chi connectivity index (χ3n) is 4.58. The molecule has 0 aliphatic heterocycles. The molecule has 2 aromatic carbocycles. The van der Waals surface area contributed by atoms with Gasteiger partial charge in [0.05, 0.1) is 5.92 Å². The van der Waals surface area contributed by atoms with Crippen molar-refractivity contribution in [3.63, 3.8) is 0 Å². The first-order valence-electron chi connectivity index (χ1n) is 8.66. The first-order chi connectivity index (χ1) is 11.7. The van der Waals surface area contributed by atoms with Crippen molar-refractivity contribution in [3.8, 4) is 5.75 Å². The highest BCUT2D eigenvalue weighted by Crippen LogP contribution is 2.25. The van der Waals surface area contributed by atoms with Crippen LogP contribution in [0, 0.1) is 11.3 Å². The maximum absolute atomic E-state index is 12.2. The van der Waals surface area contributed by atoms with Crippen molar-refractivity contribution < 1.29 is 9.53 Å². The molecule has 0 unspecified atom stereocenters. The lowest BCUT2D eigenvalue weighted by Gasteiger charge is -2.19. The Labute approximate surface area is 143 Å². The van der Waals surface area contributed by atoms with Gasteiger partial charge in [0.25, 0.3) is 0 Å². The molecule has 0 radical (unpaired) electrons. The van der Waals surface area contributed by atoms with E-state index in [1.807, 2.05) is 42.5 Å². The van der Waals surface area contributed by atoms with E-state index in [1.165, 1.54) is 6.42 Å². The molecule has 3 nitrogen and oxygen atoms in total. The zero-order valence-corrected chi connectivity index (χ0v) is 13.8. The second-order valence-corrected chi connectivity index (χ2v) is 6.42. The fraction of sp³-hybridized carbons (Fsp3) is 0.333. The Morgan fingerprint density at radius 1 is 0.958 bits per heavy atom. The largest absolute Gasteiger partial charge is 0.426 e. The van der Waals surface area contributed by atoms with Crippen molar-refractivity contribution in [2.75, 3.05) is 0 Å². The van der Waals surface area contributed by atoms with E-state index < -0.39 is 0 Å². The van der Waals surface area contributed by atoms with Gasteiger partial charge < -0.3 is 10.1 Å². The number of carbonyl (C=O) groups is 1. The molecule has 0 heterocycles. The van der Waals surface area contributed by atoms with E-state index in [2.05, 4.69) is 0 Å². The lowest BCUT2D eigenvalue weighted by Crippen LogP contribution is -2.22. The Kier molecular flexibility index (Phi) is 5.42. The number of rotatable bonds is 5. The summed E-state index contributed by atoms with van der Waals surface area (Å²) < 4.78 is 5.50. The van der Waals surface area contributed by atoms with E-state index in [1.54, 1.807) is 12.1 Å². The molecule has 1 saturated carbocycles. The fourth-order valence-corrected chi connectivity index (χ4v) is 3.16. The van der Waals surface area contributed by atoms with Crippen LogP contribution in [0.2, 0.25) is 0 Å². The van der Waals surface area contributed by atoms with Crippen LogP contribution in [0.4, 0.5) is 0 Å². The van der Waals surface area contributed by atoms with Crippen LogP contribution in [-0.2, 0) is 11.2 Å². The Bertz CT molecular complexity index is 686. The van der Waals surface area contributed by atoms with Gasteiger partial charge in [-0.05, 0) is 48.2 Å². The van der Waals surface area contributed by atoms with E-state index in [4.69, 9.17) is 10.1 Å². The maximum atomic E-state index is 12.2. The second-order valence-electron chi connectivity index (χ2n) is 6.42. The third kappa shape index (κ3) is 4.31. The van der Waals surface area contributed by atoms with Gasteiger partial charge in [-0.25, -0.2) is 0 Å². The average molecular weight is 321 g/mol. The molecule has 1 fully saturated rings. The molecule has 0 saturated heterocycles. The van der Waals surface area contributed by atoms with Crippen LogP contribution in [0.3, 0.4) is 0 Å². The van der Waals surface area contributed by atoms with Crippen molar-refractivity contribution in [2.45, 2.75) is 38.5 Å². The Morgan fingerprint density at radius 2 is 1.62 bits per heavy atom. The summed E-state index contributed by atoms with van der Waals surface area (Å²) >= 11 is 0. The molecule has 2 aromatic rings. The molecule has 0 atom stereocenters. The number of hydrogen-bond donors (Lipinski definition) is 1. The number of esters is 1. The van der Waals surface area contributed by atoms with Crippen LogP contribution in [0.5, 0.6) is 5.75 Å². The van der Waals surface area contributed by atoms with Crippen molar-refractivity contribution in [3.05, 3.63) is 65.7 Å². The number of hydrogen-bond acceptors (Lipinski definition) is 3. The van der Waals surface area contributed by atoms with E-state index in [-0.39, 0.29) is 11.9 Å². The smallest absolute Gasteiger partial charge is 0.314 e. The topological polar surface area (TPSA) is 50.1 Å². The lowest BCUT2D eigenvalue weighted by molar-refractivity contribution is -0.139. The molecule has 24 heavy (non-hydrogen) atoms. The predicted molar refractivity (Wildman–Crippen MR) is 95.6 cm³/mol. The van der Waals surface area contributed by atoms with E-state index in [0.29, 0.717) is 17.9 Å². The molecule has 0 aromatic heterocycles. The van der Waals surface area contributed by atoms with Crippen molar-refractivity contribution >= 4 is 11.7 Å². The van der Waals surface area contributed by atoms with Crippen LogP contribution in [0.1, 0.15) is 43.2 Å². The summed E-state index contributed by atoms with van der Waals surface area (Å²) in [5.41, 5.74) is 2.54. The Hall–Kier alpha value is -2.42. The highest BCUT2D eigenvalue weighted by atomic mass is 16.5. The predicted octanol–water partition coefficient (Wildman–Crippen LogP) is 4.78. The van der Waals surface area contributed by atoms with Crippen LogP contribution in [0.25, 0.3) is 0 Å². The standard InChI is InChI=1S/C21H23NO2/c22-20(15-16-7-3-1-4-8-16)17-11-13-19(14-12-17)24-21(23)18-9-5-2-6-10-18/h1,3-4,7-8,11-14,18,22H,2,5-6,9-10,15H2. The zero-order valence-electron chi connectivity index (χ0n) is 13.8. The molecule has 3 heteroatoms. The molecule has 1 aliphatic carbocycles. The summed E-state index contributed by atoms with van der Waals surface area (Å²) in [6.07, 6.45) is 5.95. The van der Waals surface area contributed by atoms with Gasteiger partial charge in [-0.2, -0.15) is 0 Å². The van der Waals surface area contributed by atoms with Gasteiger partial charge in [-0.1, -0.05) is 49.6 Å². The maximum Gasteiger partial charge on any atom is 0.314 e. The molecular weight excluding hydrogens is 298 g/mol. The van der Waals surface area contributed by atoms with Gasteiger partial charge >= 0.3 is 5.97 Å². The van der Waals surface area contributed by atoms with Crippen LogP contribution >= 0.6 is 0 Å². The van der Waals surface area contributed by atoms with Gasteiger partial charge in [0, 0.05) is 12.1 Å². The quantitative estimate of drug-likeness (QED) is 0.489. The van der Waals surface area contributed by atoms with Gasteiger partial charge in [0.15, 0.2) is 0 Å². The SMILES string of the molecule is N=C(Cc1ccccc1)c1ccc(OC(=O)C2CCCCC2)cc1. The first kappa shape index (κ1) is 16.4. The summed E-state index contributed by atoms with van der Waals surface area (Å²) in [4.78, 5) is 12.2. The van der Waals surface area contributed by atoms with Gasteiger partial charge in [0.1, 0.15) is 5.75 Å². The van der Waals surface area contributed by atoms with Crippen molar-refractivity contribution in [2.24, 2.45) is 5.92 Å². The average Bonchev–Trinajstić information content (AvgIpc) is 2.64. The summed E-state index contributed by atoms with van der Waals surface area (Å²) in [5.74, 6) is 0.512. The lowest BCUT2D eigenvalue weighted by atomic mass is 9.89. The van der Waals surface area contributed by atoms with Crippen LogP contribution in [-0.4, -0.2) is 11.7 Å². The number of carbonyl (C=O) groups excluding carboxylic acids is 1. The van der Waals surface area contributed by atoms with Gasteiger partial charge in [-0.15, -0.1) is 0 Å². The minimum atomic E-state index is -0.109. The molecule has 0 amide bonds. The number of ether oxygens (including phenoxy) is 1. The molecule has 0 spiro atoms. The van der Waals surface area contributed by atoms with E-state index >= 15 is 0 Å². The molecule has 124 valence electrons. The monoisotopic (exact) mass is 321 g/mol. The molecule has 1 N–H and O–H groups in total. The highest BCUT2D eigenvalue weighted by molar-refractivity contribution is 5.99. The molecule has 0 bridgehead atoms. The van der Waals surface area contributed by atoms with Crippen molar-refractivity contribution in [1.29, 1.82) is 5.41 Å². The number of benzene rings is 2. The summed E-state index contributed by atoms with van der Waals surface area (Å²) in [7, 11) is 0. The molecule has 1 aliphatic rings. The van der Waals surface area contributed by atoms with Gasteiger partial charge in [0.2, 0.25) is 0 Å². The molecule has 3 rings (SSSR count). The van der Waals surface area contributed by atoms with Crippen molar-refractivity contribution in [1.82, 2.24) is 0 Å².